The van der Waals surface area contributed by atoms with Crippen LogP contribution in [0.4, 0.5) is 64.7 Å². The summed E-state index contributed by atoms with van der Waals surface area (Å²) in [6.45, 7) is -2.17. The molecule has 40 nitrogen and oxygen atoms in total. The largest absolute Gasteiger partial charge is 0.462 e. The molecule has 660 valence electrons. The molecule has 0 heterocycles. The summed E-state index contributed by atoms with van der Waals surface area (Å²) >= 11 is 0. The minimum Gasteiger partial charge on any atom is -0.462 e. The van der Waals surface area contributed by atoms with E-state index < -0.39 is 102 Å². The van der Waals surface area contributed by atoms with Gasteiger partial charge in [-0.05, 0) is 214 Å². The van der Waals surface area contributed by atoms with E-state index in [4.69, 9.17) is 66.3 Å². The summed E-state index contributed by atoms with van der Waals surface area (Å²) in [5, 5.41) is 15.3. The van der Waals surface area contributed by atoms with Gasteiger partial charge in [-0.15, -0.1) is 0 Å². The number of esters is 12. The van der Waals surface area contributed by atoms with Gasteiger partial charge >= 0.3 is 95.9 Å². The van der Waals surface area contributed by atoms with E-state index in [0.29, 0.717) is 34.1 Å². The number of carbonyl (C=O) groups excluding carboxylic acids is 18. The average Bonchev–Trinajstić information content (AvgIpc) is 0.881. The third-order valence-electron chi connectivity index (χ3n) is 16.5. The summed E-state index contributed by atoms with van der Waals surface area (Å²) < 4.78 is 71.7. The van der Waals surface area contributed by atoms with Gasteiger partial charge in [-0.2, -0.15) is 9.98 Å². The zero-order valence-corrected chi connectivity index (χ0v) is 67.4. The lowest BCUT2D eigenvalue weighted by Gasteiger charge is -2.13. The molecule has 0 aliphatic carbocycles. The molecule has 40 heteroatoms. The number of hydrogen-bond acceptors (Lipinski definition) is 34. The highest BCUT2D eigenvalue weighted by Crippen LogP contribution is 2.21. The van der Waals surface area contributed by atoms with Crippen molar-refractivity contribution in [1.29, 1.82) is 0 Å². The van der Waals surface area contributed by atoms with E-state index in [0.717, 1.165) is 0 Å². The van der Waals surface area contributed by atoms with E-state index in [9.17, 15) is 86.3 Å². The van der Waals surface area contributed by atoms with Gasteiger partial charge in [0.15, 0.2) is 0 Å². The van der Waals surface area contributed by atoms with Gasteiger partial charge in [0, 0.05) is 59.8 Å². The molecule has 6 N–H and O–H groups in total. The Morgan fingerprint density at radius 1 is 0.252 bits per heavy atom. The summed E-state index contributed by atoms with van der Waals surface area (Å²) in [7, 11) is 0. The number of ether oxygens (including phenoxy) is 14. The van der Waals surface area contributed by atoms with Crippen LogP contribution in [0, 0.1) is 0 Å². The quantitative estimate of drug-likeness (QED) is 0.00678. The van der Waals surface area contributed by atoms with Crippen molar-refractivity contribution in [3.63, 3.8) is 0 Å². The summed E-state index contributed by atoms with van der Waals surface area (Å²) in [6, 6.07) is 44.1. The Balaban J connectivity index is 0.564. The number of nitrogens with one attached hydrogen (secondary N) is 6. The Kier molecular flexibility index (Phi) is 39.0. The molecule has 0 aromatic heterocycles. The van der Waals surface area contributed by atoms with Crippen molar-refractivity contribution >= 4 is 154 Å². The van der Waals surface area contributed by atoms with Crippen LogP contribution in [0.5, 0.6) is 0 Å². The second-order valence-electron chi connectivity index (χ2n) is 25.9. The number of hydrogen-bond donors (Lipinski definition) is 6. The van der Waals surface area contributed by atoms with Gasteiger partial charge < -0.3 is 87.6 Å². The first-order chi connectivity index (χ1) is 61.3. The van der Waals surface area contributed by atoms with Crippen molar-refractivity contribution in [2.24, 2.45) is 9.98 Å². The van der Waals surface area contributed by atoms with Gasteiger partial charge in [0.05, 0.1) is 55.9 Å². The fourth-order valence-electron chi connectivity index (χ4n) is 10.3. The van der Waals surface area contributed by atoms with Crippen LogP contribution in [-0.2, 0) is 95.1 Å². The van der Waals surface area contributed by atoms with Gasteiger partial charge in [0.2, 0.25) is 12.2 Å². The van der Waals surface area contributed by atoms with Gasteiger partial charge in [-0.1, -0.05) is 0 Å². The number of benzene rings is 8. The summed E-state index contributed by atoms with van der Waals surface area (Å²) in [5.41, 5.74) is 3.61. The Morgan fingerprint density at radius 2 is 0.449 bits per heavy atom. The predicted octanol–water partition coefficient (Wildman–Crippen LogP) is 11.7. The first-order valence-corrected chi connectivity index (χ1v) is 38.4. The van der Waals surface area contributed by atoms with E-state index in [-0.39, 0.29) is 180 Å². The molecule has 8 aromatic carbocycles. The van der Waals surface area contributed by atoms with Gasteiger partial charge in [-0.3, -0.25) is 29.8 Å². The van der Waals surface area contributed by atoms with Crippen LogP contribution < -0.4 is 31.9 Å². The topological polar surface area (TPSA) is 533 Å². The van der Waals surface area contributed by atoms with Crippen molar-refractivity contribution in [2.75, 3.05) is 118 Å². The van der Waals surface area contributed by atoms with Crippen molar-refractivity contribution < 1.29 is 153 Å². The van der Waals surface area contributed by atoms with Crippen LogP contribution in [0.3, 0.4) is 0 Å². The Bertz CT molecular complexity index is 5270. The molecular weight excluding hydrogens is 1670 g/mol. The maximum absolute atomic E-state index is 12.7. The van der Waals surface area contributed by atoms with Crippen LogP contribution in [0.2, 0.25) is 0 Å². The monoisotopic (exact) mass is 1750 g/mol. The van der Waals surface area contributed by atoms with Gasteiger partial charge in [-0.25, -0.2) is 67.1 Å². The standard InChI is InChI=1S/C87H80N8O32/c1-55(127-75(101)7-3-5-73(99)115-41-51-125-87(113)95-71-38-22-63(23-39-71)83(109)123-49-47-121-81(107)61-18-34-69(35-19-61)93-85(111)91-67-30-14-59(15-31-67)79(105)119-45-43-117-77(103)57-10-26-65(27-11-57)89-54-97)52-126-74(100)6-2-4-72(98)114-40-50-124-86(112)94-70-36-20-62(21-37-70)82(108)122-48-46-120-80(106)60-16-32-68(33-17-60)92-84(110)90-66-28-12-58(13-29-66)78(104)118-44-42-116-76(102)56-8-24-64(25-9-56)88-53-96/h8-39,55H,2-7,40-52H2,1H3,(H,94,112)(H,95,113)(H2,90,92,110)(H2,91,93,111). The number of nitrogens with zero attached hydrogens (tertiary/aromatic N) is 2. The molecular formula is C87H80N8O32. The Labute approximate surface area is 721 Å². The average molecular weight is 1750 g/mol. The first kappa shape index (κ1) is 95.7. The zero-order valence-electron chi connectivity index (χ0n) is 67.4. The van der Waals surface area contributed by atoms with E-state index in [2.05, 4.69) is 41.9 Å². The summed E-state index contributed by atoms with van der Waals surface area (Å²) in [5.74, 6) is -8.49. The highest BCUT2D eigenvalue weighted by molar-refractivity contribution is 6.02. The van der Waals surface area contributed by atoms with Crippen molar-refractivity contribution in [3.05, 3.63) is 239 Å². The number of isocyanates is 2. The van der Waals surface area contributed by atoms with Crippen LogP contribution in [0.1, 0.15) is 128 Å². The highest BCUT2D eigenvalue weighted by Gasteiger charge is 2.21. The Morgan fingerprint density at radius 3 is 0.685 bits per heavy atom. The van der Waals surface area contributed by atoms with Crippen molar-refractivity contribution in [2.45, 2.75) is 51.6 Å². The molecule has 0 fully saturated rings. The Hall–Kier alpha value is -16.8. The maximum Gasteiger partial charge on any atom is 0.411 e. The van der Waals surface area contributed by atoms with Crippen molar-refractivity contribution in [3.8, 4) is 0 Å². The van der Waals surface area contributed by atoms with E-state index in [1.807, 2.05) is 0 Å². The number of anilines is 6. The number of rotatable bonds is 45. The van der Waals surface area contributed by atoms with E-state index in [1.165, 1.54) is 213 Å². The van der Waals surface area contributed by atoms with Crippen molar-refractivity contribution in [1.82, 2.24) is 0 Å². The molecule has 0 bridgehead atoms. The molecule has 0 saturated heterocycles. The zero-order chi connectivity index (χ0) is 91.1. The van der Waals surface area contributed by atoms with Crippen LogP contribution in [0.25, 0.3) is 0 Å². The van der Waals surface area contributed by atoms with Gasteiger partial charge in [0.1, 0.15) is 92.0 Å². The molecule has 8 rings (SSSR count). The number of urea groups is 2. The van der Waals surface area contributed by atoms with Crippen LogP contribution in [-0.4, -0.2) is 200 Å². The first-order valence-electron chi connectivity index (χ1n) is 38.4. The molecule has 127 heavy (non-hydrogen) atoms. The minimum atomic E-state index is -0.903. The van der Waals surface area contributed by atoms with Crippen LogP contribution in [0.15, 0.2) is 204 Å². The predicted molar refractivity (Wildman–Crippen MR) is 441 cm³/mol. The lowest BCUT2D eigenvalue weighted by molar-refractivity contribution is -0.158. The fourth-order valence-corrected chi connectivity index (χ4v) is 10.3. The highest BCUT2D eigenvalue weighted by atomic mass is 16.6. The third-order valence-corrected chi connectivity index (χ3v) is 16.5. The molecule has 0 saturated carbocycles. The molecule has 0 radical (unpaired) electrons. The summed E-state index contributed by atoms with van der Waals surface area (Å²) in [6.07, 6.45) is -0.483. The van der Waals surface area contributed by atoms with Crippen LogP contribution >= 0.6 is 0 Å². The molecule has 6 amide bonds. The molecule has 0 spiro atoms. The maximum atomic E-state index is 12.7. The number of carbonyl (C=O) groups is 16. The second-order valence-corrected chi connectivity index (χ2v) is 25.9. The fraction of sp³-hybridized carbons (Fsp3) is 0.241. The molecule has 0 aliphatic rings. The van der Waals surface area contributed by atoms with E-state index >= 15 is 0 Å². The molecule has 0 aliphatic heterocycles. The lowest BCUT2D eigenvalue weighted by atomic mass is 10.2. The molecule has 1 unspecified atom stereocenters. The van der Waals surface area contributed by atoms with Gasteiger partial charge in [0.25, 0.3) is 0 Å². The number of aliphatic imine (C=N–C) groups is 2. The number of amides is 6. The summed E-state index contributed by atoms with van der Waals surface area (Å²) in [4.78, 5) is 227. The lowest BCUT2D eigenvalue weighted by Crippen LogP contribution is -2.22. The normalized spacial score (nSPS) is 10.5. The SMILES string of the molecule is CC(COC(=O)CCCC(=O)OCCOC(=O)Nc1ccc(C(=O)OCCOC(=O)c2ccc(NC(=O)Nc3ccc(C(=O)OCCOC(=O)c4ccc(N=C=O)cc4)cc3)cc2)cc1)OC(=O)CCCC(=O)OCCOC(=O)Nc1ccc(C(=O)OCCOC(=O)c2ccc(NC(=O)Nc3ccc(C(=O)OCCOC(=O)c4ccc(N=C=O)cc4)cc3)cc2)cc1. The van der Waals surface area contributed by atoms with E-state index in [1.54, 1.807) is 0 Å². The smallest absolute Gasteiger partial charge is 0.411 e. The third kappa shape index (κ3) is 35.5. The second kappa shape index (κ2) is 51.8. The molecule has 1 atom stereocenters. The molecule has 8 aromatic rings. The minimum absolute atomic E-state index is 0.0467.